The van der Waals surface area contributed by atoms with Crippen molar-refractivity contribution in [3.8, 4) is 34.7 Å². The quantitative estimate of drug-likeness (QED) is 0.212. The van der Waals surface area contributed by atoms with Crippen LogP contribution < -0.4 is 0 Å². The van der Waals surface area contributed by atoms with Crippen LogP contribution in [0.1, 0.15) is 33.6 Å². The van der Waals surface area contributed by atoms with E-state index in [2.05, 4.69) is 56.4 Å². The molecule has 0 N–H and O–H groups in total. The summed E-state index contributed by atoms with van der Waals surface area (Å²) in [4.78, 5) is 18.5. The van der Waals surface area contributed by atoms with Gasteiger partial charge in [-0.25, -0.2) is 9.97 Å². The summed E-state index contributed by atoms with van der Waals surface area (Å²) in [6, 6.07) is 38.9. The summed E-state index contributed by atoms with van der Waals surface area (Å²) in [5.74, 6) is 0. The van der Waals surface area contributed by atoms with Gasteiger partial charge in [-0.05, 0) is 59.7 Å². The molecule has 40 heavy (non-hydrogen) atoms. The van der Waals surface area contributed by atoms with Gasteiger partial charge in [0.15, 0.2) is 0 Å². The van der Waals surface area contributed by atoms with Crippen LogP contribution in [0.3, 0.4) is 0 Å². The van der Waals surface area contributed by atoms with Crippen LogP contribution in [0, 0.1) is 22.7 Å². The largest absolute Gasteiger partial charge is 0.286 e. The average Bonchev–Trinajstić information content (AvgIpc) is 3.02. The van der Waals surface area contributed by atoms with Crippen LogP contribution in [0.15, 0.2) is 119 Å². The average molecular weight is 517 g/mol. The van der Waals surface area contributed by atoms with Gasteiger partial charge in [0.05, 0.1) is 59.1 Å². The van der Waals surface area contributed by atoms with Gasteiger partial charge in [-0.3, -0.25) is 9.98 Å². The Morgan fingerprint density at radius 2 is 0.925 bits per heavy atom. The number of rotatable bonds is 8. The molecular formula is C34H24N6. The van der Waals surface area contributed by atoms with E-state index >= 15 is 0 Å². The van der Waals surface area contributed by atoms with Crippen molar-refractivity contribution in [2.24, 2.45) is 9.98 Å². The third kappa shape index (κ3) is 6.77. The summed E-state index contributed by atoms with van der Waals surface area (Å²) in [6.07, 6.45) is 3.56. The minimum atomic E-state index is 0.554. The van der Waals surface area contributed by atoms with E-state index in [-0.39, 0.29) is 0 Å². The van der Waals surface area contributed by atoms with E-state index in [0.29, 0.717) is 24.2 Å². The highest BCUT2D eigenvalue weighted by atomic mass is 14.8. The molecule has 3 aromatic carbocycles. The Balaban J connectivity index is 1.16. The zero-order chi connectivity index (χ0) is 27.6. The first-order valence-electron chi connectivity index (χ1n) is 12.7. The minimum Gasteiger partial charge on any atom is -0.286 e. The lowest BCUT2D eigenvalue weighted by Gasteiger charge is -2.03. The van der Waals surface area contributed by atoms with Crippen LogP contribution in [0.25, 0.3) is 22.5 Å². The molecule has 0 aliphatic rings. The Hall–Kier alpha value is -5.72. The molecule has 2 heterocycles. The molecule has 0 fully saturated rings. The van der Waals surface area contributed by atoms with Crippen LogP contribution in [0.5, 0.6) is 0 Å². The molecule has 0 saturated heterocycles. The predicted octanol–water partition coefficient (Wildman–Crippen LogP) is 6.79. The Morgan fingerprint density at radius 1 is 0.525 bits per heavy atom. The van der Waals surface area contributed by atoms with Crippen LogP contribution in [-0.2, 0) is 13.1 Å². The van der Waals surface area contributed by atoms with Crippen molar-refractivity contribution in [1.82, 2.24) is 9.97 Å². The molecule has 6 heteroatoms. The summed E-state index contributed by atoms with van der Waals surface area (Å²) in [6.45, 7) is 1.11. The molecule has 0 unspecified atom stereocenters. The Bertz CT molecular complexity index is 1610. The monoisotopic (exact) mass is 516 g/mol. The molecule has 5 rings (SSSR count). The van der Waals surface area contributed by atoms with E-state index in [0.717, 1.165) is 45.0 Å². The van der Waals surface area contributed by atoms with Gasteiger partial charge < -0.3 is 0 Å². The van der Waals surface area contributed by atoms with Crippen molar-refractivity contribution in [3.63, 3.8) is 0 Å². The summed E-state index contributed by atoms with van der Waals surface area (Å²) in [5, 5.41) is 18.0. The number of aliphatic imine (C=N–C) groups is 2. The van der Waals surface area contributed by atoms with Gasteiger partial charge in [0.2, 0.25) is 0 Å². The summed E-state index contributed by atoms with van der Waals surface area (Å²) < 4.78 is 0. The fraction of sp³-hybridized carbons (Fsp3) is 0.0588. The lowest BCUT2D eigenvalue weighted by Crippen LogP contribution is -1.92. The van der Waals surface area contributed by atoms with Crippen LogP contribution in [-0.4, -0.2) is 22.4 Å². The Morgan fingerprint density at radius 3 is 1.30 bits per heavy atom. The SMILES string of the molecule is N#Cc1ccc(-c2cccc(C=NCc3ccc(CN=Cc4cccc(-c5ccc(C#N)cc5)n4)cc3)n2)cc1. The van der Waals surface area contributed by atoms with Crippen molar-refractivity contribution in [3.05, 3.63) is 143 Å². The van der Waals surface area contributed by atoms with Crippen molar-refractivity contribution in [2.45, 2.75) is 13.1 Å². The van der Waals surface area contributed by atoms with Gasteiger partial charge in [0.1, 0.15) is 0 Å². The van der Waals surface area contributed by atoms with Gasteiger partial charge in [-0.1, -0.05) is 60.7 Å². The molecule has 0 atom stereocenters. The van der Waals surface area contributed by atoms with Gasteiger partial charge >= 0.3 is 0 Å². The Labute approximate surface area is 233 Å². The zero-order valence-electron chi connectivity index (χ0n) is 21.6. The summed E-state index contributed by atoms with van der Waals surface area (Å²) in [7, 11) is 0. The molecule has 0 amide bonds. The van der Waals surface area contributed by atoms with E-state index in [4.69, 9.17) is 10.5 Å². The van der Waals surface area contributed by atoms with E-state index in [1.54, 1.807) is 36.7 Å². The second-order valence-electron chi connectivity index (χ2n) is 9.03. The predicted molar refractivity (Wildman–Crippen MR) is 158 cm³/mol. The third-order valence-corrected chi connectivity index (χ3v) is 6.18. The second kappa shape index (κ2) is 12.7. The molecule has 190 valence electrons. The summed E-state index contributed by atoms with van der Waals surface area (Å²) >= 11 is 0. The lowest BCUT2D eigenvalue weighted by molar-refractivity contribution is 1.04. The fourth-order valence-electron chi connectivity index (χ4n) is 4.04. The molecule has 2 aromatic heterocycles. The van der Waals surface area contributed by atoms with E-state index in [1.165, 1.54) is 0 Å². The molecule has 0 aliphatic carbocycles. The fourth-order valence-corrected chi connectivity index (χ4v) is 4.04. The van der Waals surface area contributed by atoms with Crippen molar-refractivity contribution < 1.29 is 0 Å². The van der Waals surface area contributed by atoms with Crippen LogP contribution in [0.2, 0.25) is 0 Å². The third-order valence-electron chi connectivity index (χ3n) is 6.18. The normalized spacial score (nSPS) is 10.9. The van der Waals surface area contributed by atoms with E-state index in [1.807, 2.05) is 60.7 Å². The molecular weight excluding hydrogens is 492 g/mol. The molecule has 0 aliphatic heterocycles. The standard InChI is InChI=1S/C34H24N6/c35-19-25-11-15-29(16-12-25)33-5-1-3-31(39-33)23-37-21-27-7-9-28(10-8-27)22-38-24-32-4-2-6-34(40-32)30-17-13-26(20-36)14-18-30/h1-18,23-24H,21-22H2. The van der Waals surface area contributed by atoms with Gasteiger partial charge in [-0.2, -0.15) is 10.5 Å². The number of benzene rings is 3. The number of nitrogens with zero attached hydrogens (tertiary/aromatic N) is 6. The van der Waals surface area contributed by atoms with Gasteiger partial charge in [0, 0.05) is 23.6 Å². The van der Waals surface area contributed by atoms with Crippen LogP contribution in [0.4, 0.5) is 0 Å². The highest BCUT2D eigenvalue weighted by Crippen LogP contribution is 2.19. The maximum absolute atomic E-state index is 8.99. The van der Waals surface area contributed by atoms with Gasteiger partial charge in [0.25, 0.3) is 0 Å². The second-order valence-corrected chi connectivity index (χ2v) is 9.03. The zero-order valence-corrected chi connectivity index (χ0v) is 21.6. The highest BCUT2D eigenvalue weighted by molar-refractivity contribution is 5.79. The highest BCUT2D eigenvalue weighted by Gasteiger charge is 2.02. The maximum Gasteiger partial charge on any atom is 0.0991 e. The number of nitriles is 2. The van der Waals surface area contributed by atoms with Crippen molar-refractivity contribution in [2.75, 3.05) is 0 Å². The molecule has 6 nitrogen and oxygen atoms in total. The Kier molecular flexibility index (Phi) is 8.22. The van der Waals surface area contributed by atoms with Crippen molar-refractivity contribution >= 4 is 12.4 Å². The molecule has 0 bridgehead atoms. The number of hydrogen-bond donors (Lipinski definition) is 0. The first-order valence-corrected chi connectivity index (χ1v) is 12.7. The smallest absolute Gasteiger partial charge is 0.0991 e. The lowest BCUT2D eigenvalue weighted by atomic mass is 10.1. The minimum absolute atomic E-state index is 0.554. The van der Waals surface area contributed by atoms with Crippen LogP contribution >= 0.6 is 0 Å². The number of aromatic nitrogens is 2. The topological polar surface area (TPSA) is 98.1 Å². The first kappa shape index (κ1) is 25.9. The number of pyridine rings is 2. The van der Waals surface area contributed by atoms with E-state index < -0.39 is 0 Å². The van der Waals surface area contributed by atoms with Crippen molar-refractivity contribution in [1.29, 1.82) is 10.5 Å². The first-order chi connectivity index (χ1) is 19.7. The maximum atomic E-state index is 8.99. The molecule has 0 saturated carbocycles. The molecule has 0 radical (unpaired) electrons. The summed E-state index contributed by atoms with van der Waals surface area (Å²) in [5.41, 5.74) is 8.63. The van der Waals surface area contributed by atoms with Gasteiger partial charge in [-0.15, -0.1) is 0 Å². The number of hydrogen-bond acceptors (Lipinski definition) is 6. The molecule has 5 aromatic rings. The van der Waals surface area contributed by atoms with E-state index in [9.17, 15) is 0 Å². The molecule has 0 spiro atoms.